The summed E-state index contributed by atoms with van der Waals surface area (Å²) in [6, 6.07) is 1.88. The fraction of sp³-hybridized carbons (Fsp3) is 0.545. The van der Waals surface area contributed by atoms with Gasteiger partial charge in [-0.05, 0) is 12.5 Å². The molecule has 0 aliphatic rings. The van der Waals surface area contributed by atoms with Crippen LogP contribution in [0.5, 0.6) is 0 Å². The van der Waals surface area contributed by atoms with Crippen molar-refractivity contribution in [1.29, 1.82) is 0 Å². The predicted molar refractivity (Wildman–Crippen MR) is 63.2 cm³/mol. The van der Waals surface area contributed by atoms with Gasteiger partial charge in [0.05, 0.1) is 5.92 Å². The first-order valence-electron chi connectivity index (χ1n) is 5.71. The van der Waals surface area contributed by atoms with Crippen LogP contribution in [0.3, 0.4) is 0 Å². The molecule has 2 aromatic heterocycles. The number of nitrogens with two attached hydrogens (primary N) is 1. The van der Waals surface area contributed by atoms with Crippen molar-refractivity contribution in [2.75, 3.05) is 0 Å². The second-order valence-electron chi connectivity index (χ2n) is 4.19. The Morgan fingerprint density at radius 3 is 2.88 bits per heavy atom. The molecule has 6 heteroatoms. The molecule has 92 valence electrons. The fourth-order valence-corrected chi connectivity index (χ4v) is 1.60. The quantitative estimate of drug-likeness (QED) is 0.863. The van der Waals surface area contributed by atoms with Gasteiger partial charge in [0.1, 0.15) is 5.69 Å². The number of aryl methyl sites for hydroxylation is 1. The summed E-state index contributed by atoms with van der Waals surface area (Å²) in [4.78, 5) is 4.33. The van der Waals surface area contributed by atoms with Crippen LogP contribution in [0.2, 0.25) is 0 Å². The lowest BCUT2D eigenvalue weighted by atomic mass is 10.0. The van der Waals surface area contributed by atoms with Gasteiger partial charge in [0.2, 0.25) is 11.7 Å². The van der Waals surface area contributed by atoms with Crippen molar-refractivity contribution >= 4 is 0 Å². The van der Waals surface area contributed by atoms with Crippen molar-refractivity contribution < 1.29 is 4.52 Å². The van der Waals surface area contributed by atoms with E-state index in [2.05, 4.69) is 15.2 Å². The molecule has 2 N–H and O–H groups in total. The van der Waals surface area contributed by atoms with Gasteiger partial charge >= 0.3 is 0 Å². The van der Waals surface area contributed by atoms with Crippen LogP contribution in [0.1, 0.15) is 32.1 Å². The van der Waals surface area contributed by atoms with Crippen molar-refractivity contribution in [3.63, 3.8) is 0 Å². The maximum atomic E-state index is 5.95. The number of nitrogens with zero attached hydrogens (tertiary/aromatic N) is 4. The molecule has 0 fully saturated rings. The summed E-state index contributed by atoms with van der Waals surface area (Å²) in [6.07, 6.45) is 2.72. The first-order valence-corrected chi connectivity index (χ1v) is 5.71. The molecule has 0 saturated carbocycles. The Labute approximate surface area is 99.8 Å². The molecule has 17 heavy (non-hydrogen) atoms. The molecule has 2 aromatic rings. The monoisotopic (exact) mass is 235 g/mol. The molecule has 2 rings (SSSR count). The normalized spacial score (nSPS) is 14.8. The average Bonchev–Trinajstić information content (AvgIpc) is 2.95. The van der Waals surface area contributed by atoms with Crippen molar-refractivity contribution in [1.82, 2.24) is 19.9 Å². The molecule has 2 heterocycles. The maximum Gasteiger partial charge on any atom is 0.231 e. The minimum Gasteiger partial charge on any atom is -0.339 e. The van der Waals surface area contributed by atoms with E-state index >= 15 is 0 Å². The van der Waals surface area contributed by atoms with Gasteiger partial charge in [0.25, 0.3) is 0 Å². The molecule has 0 saturated heterocycles. The van der Waals surface area contributed by atoms with Crippen LogP contribution >= 0.6 is 0 Å². The number of hydrogen-bond donors (Lipinski definition) is 1. The fourth-order valence-electron chi connectivity index (χ4n) is 1.60. The Morgan fingerprint density at radius 1 is 1.53 bits per heavy atom. The van der Waals surface area contributed by atoms with Crippen LogP contribution < -0.4 is 5.73 Å². The lowest BCUT2D eigenvalue weighted by molar-refractivity contribution is 0.340. The molecule has 0 radical (unpaired) electrons. The Kier molecular flexibility index (Phi) is 3.23. The topological polar surface area (TPSA) is 82.8 Å². The molecule has 6 nitrogen and oxygen atoms in total. The largest absolute Gasteiger partial charge is 0.339 e. The molecule has 2 unspecified atom stereocenters. The van der Waals surface area contributed by atoms with Crippen molar-refractivity contribution in [3.05, 3.63) is 18.2 Å². The second kappa shape index (κ2) is 4.67. The van der Waals surface area contributed by atoms with E-state index in [1.54, 1.807) is 4.68 Å². The van der Waals surface area contributed by atoms with Crippen LogP contribution in [0, 0.1) is 0 Å². The summed E-state index contributed by atoms with van der Waals surface area (Å²) in [5, 5.41) is 8.14. The van der Waals surface area contributed by atoms with Gasteiger partial charge in [-0.3, -0.25) is 4.68 Å². The van der Waals surface area contributed by atoms with Crippen LogP contribution in [-0.4, -0.2) is 26.0 Å². The Bertz CT molecular complexity index is 490. The van der Waals surface area contributed by atoms with Gasteiger partial charge in [-0.15, -0.1) is 0 Å². The average molecular weight is 235 g/mol. The van der Waals surface area contributed by atoms with E-state index in [1.165, 1.54) is 0 Å². The molecular weight excluding hydrogens is 218 g/mol. The summed E-state index contributed by atoms with van der Waals surface area (Å²) in [5.41, 5.74) is 6.66. The third kappa shape index (κ3) is 2.36. The lowest BCUT2D eigenvalue weighted by Crippen LogP contribution is -2.25. The minimum absolute atomic E-state index is 0.0343. The van der Waals surface area contributed by atoms with Crippen LogP contribution in [0.15, 0.2) is 16.8 Å². The predicted octanol–water partition coefficient (Wildman–Crippen LogP) is 1.31. The Balaban J connectivity index is 2.21. The molecular formula is C11H17N5O. The molecule has 0 aliphatic heterocycles. The highest BCUT2D eigenvalue weighted by Gasteiger charge is 2.20. The highest BCUT2D eigenvalue weighted by atomic mass is 16.5. The van der Waals surface area contributed by atoms with E-state index < -0.39 is 0 Å². The number of hydrogen-bond acceptors (Lipinski definition) is 5. The molecule has 0 aliphatic carbocycles. The molecule has 0 bridgehead atoms. The van der Waals surface area contributed by atoms with E-state index in [0.717, 1.165) is 6.42 Å². The summed E-state index contributed by atoms with van der Waals surface area (Å²) >= 11 is 0. The number of aromatic nitrogens is 4. The van der Waals surface area contributed by atoms with Gasteiger partial charge < -0.3 is 10.3 Å². The minimum atomic E-state index is 0.0343. The van der Waals surface area contributed by atoms with Crippen LogP contribution in [-0.2, 0) is 7.05 Å². The first-order chi connectivity index (χ1) is 8.11. The zero-order valence-electron chi connectivity index (χ0n) is 10.3. The summed E-state index contributed by atoms with van der Waals surface area (Å²) in [6.45, 7) is 4.03. The van der Waals surface area contributed by atoms with E-state index in [1.807, 2.05) is 33.2 Å². The highest BCUT2D eigenvalue weighted by molar-refractivity contribution is 5.46. The molecule has 0 amide bonds. The van der Waals surface area contributed by atoms with E-state index in [0.29, 0.717) is 17.4 Å². The van der Waals surface area contributed by atoms with Gasteiger partial charge in [0, 0.05) is 19.3 Å². The van der Waals surface area contributed by atoms with Crippen molar-refractivity contribution in [2.24, 2.45) is 12.8 Å². The van der Waals surface area contributed by atoms with Gasteiger partial charge in [0.15, 0.2) is 0 Å². The lowest BCUT2D eigenvalue weighted by Gasteiger charge is -2.12. The van der Waals surface area contributed by atoms with Gasteiger partial charge in [-0.2, -0.15) is 10.1 Å². The zero-order valence-corrected chi connectivity index (χ0v) is 10.3. The molecule has 0 aromatic carbocycles. The van der Waals surface area contributed by atoms with Crippen LogP contribution in [0.25, 0.3) is 11.5 Å². The van der Waals surface area contributed by atoms with Gasteiger partial charge in [-0.25, -0.2) is 0 Å². The standard InChI is InChI=1S/C11H17N5O/c1-4-8(12)7(2)11-13-10(15-17-11)9-5-6-16(3)14-9/h5-8H,4,12H2,1-3H3. The Morgan fingerprint density at radius 2 is 2.29 bits per heavy atom. The summed E-state index contributed by atoms with van der Waals surface area (Å²) in [7, 11) is 1.85. The number of rotatable bonds is 4. The summed E-state index contributed by atoms with van der Waals surface area (Å²) < 4.78 is 6.92. The Hall–Kier alpha value is -1.69. The van der Waals surface area contributed by atoms with Crippen LogP contribution in [0.4, 0.5) is 0 Å². The van der Waals surface area contributed by atoms with Gasteiger partial charge in [-0.1, -0.05) is 19.0 Å². The van der Waals surface area contributed by atoms with E-state index in [-0.39, 0.29) is 12.0 Å². The smallest absolute Gasteiger partial charge is 0.231 e. The first kappa shape index (κ1) is 11.8. The maximum absolute atomic E-state index is 5.95. The van der Waals surface area contributed by atoms with Crippen molar-refractivity contribution in [3.8, 4) is 11.5 Å². The third-order valence-corrected chi connectivity index (χ3v) is 2.89. The SMILES string of the molecule is CCC(N)C(C)c1nc(-c2ccn(C)n2)no1. The zero-order chi connectivity index (χ0) is 12.4. The van der Waals surface area contributed by atoms with E-state index in [4.69, 9.17) is 10.3 Å². The molecule has 0 spiro atoms. The summed E-state index contributed by atoms with van der Waals surface area (Å²) in [5.74, 6) is 1.14. The molecule has 2 atom stereocenters. The third-order valence-electron chi connectivity index (χ3n) is 2.89. The van der Waals surface area contributed by atoms with Crippen molar-refractivity contribution in [2.45, 2.75) is 32.2 Å². The van der Waals surface area contributed by atoms with E-state index in [9.17, 15) is 0 Å². The highest BCUT2D eigenvalue weighted by Crippen LogP contribution is 2.21. The second-order valence-corrected chi connectivity index (χ2v) is 4.19.